The van der Waals surface area contributed by atoms with Crippen LogP contribution in [0, 0.1) is 0 Å². The molecule has 0 heterocycles. The second-order valence-corrected chi connectivity index (χ2v) is 7.37. The molecule has 2 nitrogen and oxygen atoms in total. The summed E-state index contributed by atoms with van der Waals surface area (Å²) in [4.78, 5) is 12.1. The van der Waals surface area contributed by atoms with E-state index in [1.807, 2.05) is 0 Å². The molecule has 0 spiro atoms. The van der Waals surface area contributed by atoms with Crippen molar-refractivity contribution in [2.75, 3.05) is 6.54 Å². The van der Waals surface area contributed by atoms with Crippen molar-refractivity contribution in [1.82, 2.24) is 5.32 Å². The van der Waals surface area contributed by atoms with Crippen LogP contribution >= 0.6 is 0 Å². The van der Waals surface area contributed by atoms with Gasteiger partial charge in [0.25, 0.3) is 0 Å². The Labute approximate surface area is 152 Å². The fraction of sp³-hybridized carbons (Fsp3) is 0.955. The Morgan fingerprint density at radius 3 is 1.54 bits per heavy atom. The van der Waals surface area contributed by atoms with Crippen molar-refractivity contribution in [3.8, 4) is 0 Å². The van der Waals surface area contributed by atoms with E-state index in [4.69, 9.17) is 0 Å². The van der Waals surface area contributed by atoms with Crippen molar-refractivity contribution in [1.29, 1.82) is 0 Å². The van der Waals surface area contributed by atoms with Gasteiger partial charge in [-0.3, -0.25) is 4.79 Å². The van der Waals surface area contributed by atoms with Gasteiger partial charge in [0.1, 0.15) is 5.78 Å². The molecule has 1 unspecified atom stereocenters. The summed E-state index contributed by atoms with van der Waals surface area (Å²) in [6.45, 7) is 7.50. The fourth-order valence-electron chi connectivity index (χ4n) is 3.30. The normalized spacial score (nSPS) is 12.5. The molecular weight excluding hydrogens is 294 g/mol. The van der Waals surface area contributed by atoms with Crippen molar-refractivity contribution < 1.29 is 4.79 Å². The van der Waals surface area contributed by atoms with Gasteiger partial charge in [-0.25, -0.2) is 0 Å². The molecule has 0 aromatic heterocycles. The lowest BCUT2D eigenvalue weighted by molar-refractivity contribution is -0.121. The van der Waals surface area contributed by atoms with Crippen LogP contribution in [0.25, 0.3) is 0 Å². The molecule has 144 valence electrons. The second kappa shape index (κ2) is 19.0. The van der Waals surface area contributed by atoms with E-state index in [0.717, 1.165) is 32.2 Å². The summed E-state index contributed by atoms with van der Waals surface area (Å²) in [7, 11) is 0. The Morgan fingerprint density at radius 1 is 0.667 bits per heavy atom. The number of carbonyl (C=O) groups is 1. The number of nitrogens with one attached hydrogen (secondary N) is 1. The van der Waals surface area contributed by atoms with Gasteiger partial charge in [0, 0.05) is 6.42 Å². The van der Waals surface area contributed by atoms with Gasteiger partial charge >= 0.3 is 0 Å². The van der Waals surface area contributed by atoms with Crippen molar-refractivity contribution in [2.45, 2.75) is 130 Å². The number of carbonyl (C=O) groups excluding carboxylic acids is 1. The van der Waals surface area contributed by atoms with Crippen LogP contribution in [-0.2, 0) is 4.79 Å². The summed E-state index contributed by atoms with van der Waals surface area (Å²) in [5.74, 6) is 0.425. The minimum atomic E-state index is 0.0993. The first kappa shape index (κ1) is 23.6. The fourth-order valence-corrected chi connectivity index (χ4v) is 3.30. The van der Waals surface area contributed by atoms with Crippen molar-refractivity contribution in [2.24, 2.45) is 0 Å². The van der Waals surface area contributed by atoms with Gasteiger partial charge in [0.15, 0.2) is 0 Å². The lowest BCUT2D eigenvalue weighted by atomic mass is 10.0. The molecule has 0 aliphatic carbocycles. The first-order chi connectivity index (χ1) is 11.8. The molecule has 1 N–H and O–H groups in total. The molecule has 24 heavy (non-hydrogen) atoms. The van der Waals surface area contributed by atoms with Gasteiger partial charge in [-0.15, -0.1) is 0 Å². The van der Waals surface area contributed by atoms with Gasteiger partial charge in [0.05, 0.1) is 6.04 Å². The van der Waals surface area contributed by atoms with E-state index in [1.54, 1.807) is 0 Å². The molecule has 0 aromatic carbocycles. The summed E-state index contributed by atoms with van der Waals surface area (Å²) in [6.07, 6.45) is 20.5. The topological polar surface area (TPSA) is 29.1 Å². The number of unbranched alkanes of at least 4 members (excludes halogenated alkanes) is 12. The van der Waals surface area contributed by atoms with E-state index in [1.165, 1.54) is 77.0 Å². The average Bonchev–Trinajstić information content (AvgIpc) is 2.59. The second-order valence-electron chi connectivity index (χ2n) is 7.37. The largest absolute Gasteiger partial charge is 0.307 e. The molecule has 0 aromatic rings. The molecule has 0 saturated carbocycles. The zero-order valence-electron chi connectivity index (χ0n) is 17.0. The van der Waals surface area contributed by atoms with Gasteiger partial charge in [-0.1, -0.05) is 97.8 Å². The van der Waals surface area contributed by atoms with Crippen LogP contribution in [0.3, 0.4) is 0 Å². The maximum atomic E-state index is 12.1. The Hall–Kier alpha value is -0.370. The molecule has 0 aliphatic heterocycles. The number of Topliss-reactive ketones (excluding diaryl/α,β-unsaturated/α-hetero) is 1. The number of rotatable bonds is 19. The Balaban J connectivity index is 3.31. The Kier molecular flexibility index (Phi) is 18.7. The third-order valence-corrected chi connectivity index (χ3v) is 4.96. The number of hydrogen-bond donors (Lipinski definition) is 1. The molecule has 0 fully saturated rings. The minimum absolute atomic E-state index is 0.0993. The molecule has 0 radical (unpaired) electrons. The van der Waals surface area contributed by atoms with Crippen LogP contribution < -0.4 is 5.32 Å². The van der Waals surface area contributed by atoms with Crippen LogP contribution in [0.4, 0.5) is 0 Å². The molecule has 0 aliphatic rings. The monoisotopic (exact) mass is 339 g/mol. The van der Waals surface area contributed by atoms with E-state index in [0.29, 0.717) is 5.78 Å². The van der Waals surface area contributed by atoms with Crippen LogP contribution in [0.2, 0.25) is 0 Å². The van der Waals surface area contributed by atoms with Gasteiger partial charge in [0.2, 0.25) is 0 Å². The third-order valence-electron chi connectivity index (χ3n) is 4.96. The predicted molar refractivity (Wildman–Crippen MR) is 108 cm³/mol. The van der Waals surface area contributed by atoms with Crippen molar-refractivity contribution >= 4 is 5.78 Å². The maximum Gasteiger partial charge on any atom is 0.149 e. The quantitative estimate of drug-likeness (QED) is 0.262. The smallest absolute Gasteiger partial charge is 0.149 e. The lowest BCUT2D eigenvalue weighted by Gasteiger charge is -2.15. The highest BCUT2D eigenvalue weighted by atomic mass is 16.1. The average molecular weight is 340 g/mol. The van der Waals surface area contributed by atoms with E-state index >= 15 is 0 Å². The van der Waals surface area contributed by atoms with Crippen molar-refractivity contribution in [3.05, 3.63) is 0 Å². The molecule has 0 amide bonds. The summed E-state index contributed by atoms with van der Waals surface area (Å²) in [5, 5.41) is 3.37. The standard InChI is InChI=1S/C22H45NO/c1-4-7-8-9-10-11-12-13-14-15-16-17-18-19-22(24)21(6-3)23-20-5-2/h21,23H,4-20H2,1-3H3. The zero-order valence-corrected chi connectivity index (χ0v) is 17.0. The molecule has 0 bridgehead atoms. The summed E-state index contributed by atoms with van der Waals surface area (Å²) < 4.78 is 0. The lowest BCUT2D eigenvalue weighted by Crippen LogP contribution is -2.36. The third kappa shape index (κ3) is 15.2. The summed E-state index contributed by atoms with van der Waals surface area (Å²) in [5.41, 5.74) is 0. The van der Waals surface area contributed by atoms with Crippen LogP contribution in [0.5, 0.6) is 0 Å². The summed E-state index contributed by atoms with van der Waals surface area (Å²) in [6, 6.07) is 0.0993. The minimum Gasteiger partial charge on any atom is -0.307 e. The molecular formula is C22H45NO. The van der Waals surface area contributed by atoms with E-state index in [9.17, 15) is 4.79 Å². The molecule has 1 atom stereocenters. The number of ketones is 1. The van der Waals surface area contributed by atoms with Gasteiger partial charge in [-0.05, 0) is 25.8 Å². The maximum absolute atomic E-state index is 12.1. The zero-order chi connectivity index (χ0) is 17.9. The highest BCUT2D eigenvalue weighted by Gasteiger charge is 2.14. The molecule has 0 saturated heterocycles. The van der Waals surface area contributed by atoms with Gasteiger partial charge < -0.3 is 5.32 Å². The summed E-state index contributed by atoms with van der Waals surface area (Å²) >= 11 is 0. The van der Waals surface area contributed by atoms with Crippen LogP contribution in [0.15, 0.2) is 0 Å². The Morgan fingerprint density at radius 2 is 1.12 bits per heavy atom. The van der Waals surface area contributed by atoms with Crippen LogP contribution in [-0.4, -0.2) is 18.4 Å². The predicted octanol–water partition coefficient (Wildman–Crippen LogP) is 6.82. The molecule has 2 heteroatoms. The van der Waals surface area contributed by atoms with Crippen molar-refractivity contribution in [3.63, 3.8) is 0 Å². The van der Waals surface area contributed by atoms with E-state index in [2.05, 4.69) is 26.1 Å². The highest BCUT2D eigenvalue weighted by molar-refractivity contribution is 5.83. The van der Waals surface area contributed by atoms with Gasteiger partial charge in [-0.2, -0.15) is 0 Å². The first-order valence-electron chi connectivity index (χ1n) is 11.0. The Bertz CT molecular complexity index is 265. The first-order valence-corrected chi connectivity index (χ1v) is 11.0. The van der Waals surface area contributed by atoms with E-state index < -0.39 is 0 Å². The SMILES string of the molecule is CCCCCCCCCCCCCCCC(=O)C(CC)NCCC. The van der Waals surface area contributed by atoms with E-state index in [-0.39, 0.29) is 6.04 Å². The number of hydrogen-bond acceptors (Lipinski definition) is 2. The molecule has 0 rings (SSSR count). The van der Waals surface area contributed by atoms with Crippen LogP contribution in [0.1, 0.15) is 124 Å². The highest BCUT2D eigenvalue weighted by Crippen LogP contribution is 2.13.